The van der Waals surface area contributed by atoms with Crippen LogP contribution in [0.3, 0.4) is 0 Å². The van der Waals surface area contributed by atoms with E-state index in [1.165, 1.54) is 18.2 Å². The molecule has 0 fully saturated rings. The molecule has 0 aliphatic carbocycles. The van der Waals surface area contributed by atoms with E-state index in [0.717, 1.165) is 5.56 Å². The van der Waals surface area contributed by atoms with Gasteiger partial charge in [0, 0.05) is 17.5 Å². The summed E-state index contributed by atoms with van der Waals surface area (Å²) in [6.45, 7) is 0.216. The highest BCUT2D eigenvalue weighted by molar-refractivity contribution is 5.61. The van der Waals surface area contributed by atoms with Crippen molar-refractivity contribution in [3.8, 4) is 34.5 Å². The summed E-state index contributed by atoms with van der Waals surface area (Å²) in [6, 6.07) is 5.98. The van der Waals surface area contributed by atoms with E-state index in [1.54, 1.807) is 6.07 Å². The molecule has 3 rings (SSSR count). The first-order valence-electron chi connectivity index (χ1n) is 6.38. The maximum atomic E-state index is 9.93. The van der Waals surface area contributed by atoms with Crippen molar-refractivity contribution in [2.24, 2.45) is 0 Å². The van der Waals surface area contributed by atoms with Gasteiger partial charge in [-0.3, -0.25) is 0 Å². The molecular formula is C15H14O6. The Hall–Kier alpha value is -2.76. The van der Waals surface area contributed by atoms with Gasteiger partial charge in [0.2, 0.25) is 11.5 Å². The largest absolute Gasteiger partial charge is 0.508 e. The molecule has 21 heavy (non-hydrogen) atoms. The number of fused-ring (bicyclic) bond motifs is 1. The smallest absolute Gasteiger partial charge is 0.204 e. The fraction of sp³-hybridized carbons (Fsp3) is 0.200. The molecule has 1 aliphatic rings. The summed E-state index contributed by atoms with van der Waals surface area (Å²) in [4.78, 5) is 0. The van der Waals surface area contributed by atoms with Crippen LogP contribution in [-0.2, 0) is 6.42 Å². The van der Waals surface area contributed by atoms with Crippen molar-refractivity contribution in [2.75, 3.05) is 6.61 Å². The average molecular weight is 290 g/mol. The third kappa shape index (κ3) is 2.14. The molecule has 0 spiro atoms. The van der Waals surface area contributed by atoms with Crippen LogP contribution in [0.1, 0.15) is 17.0 Å². The van der Waals surface area contributed by atoms with Crippen LogP contribution in [0.15, 0.2) is 24.3 Å². The second-order valence-corrected chi connectivity index (χ2v) is 5.03. The molecule has 1 heterocycles. The van der Waals surface area contributed by atoms with Gasteiger partial charge in [-0.15, -0.1) is 0 Å². The van der Waals surface area contributed by atoms with E-state index in [0.29, 0.717) is 17.7 Å². The van der Waals surface area contributed by atoms with Gasteiger partial charge in [0.1, 0.15) is 11.5 Å². The van der Waals surface area contributed by atoms with Crippen LogP contribution in [0.2, 0.25) is 0 Å². The van der Waals surface area contributed by atoms with Crippen molar-refractivity contribution >= 4 is 0 Å². The van der Waals surface area contributed by atoms with Crippen molar-refractivity contribution in [3.63, 3.8) is 0 Å². The van der Waals surface area contributed by atoms with Crippen LogP contribution in [0.4, 0.5) is 0 Å². The number of rotatable bonds is 1. The predicted molar refractivity (Wildman–Crippen MR) is 73.1 cm³/mol. The highest BCUT2D eigenvalue weighted by Crippen LogP contribution is 2.47. The predicted octanol–water partition coefficient (Wildman–Crippen LogP) is 1.93. The quantitative estimate of drug-likeness (QED) is 0.405. The summed E-state index contributed by atoms with van der Waals surface area (Å²) in [5, 5.41) is 47.9. The van der Waals surface area contributed by atoms with Gasteiger partial charge in [0.15, 0.2) is 11.5 Å². The number of hydrogen-bond acceptors (Lipinski definition) is 6. The van der Waals surface area contributed by atoms with Crippen LogP contribution in [-0.4, -0.2) is 32.1 Å². The molecule has 0 saturated heterocycles. The van der Waals surface area contributed by atoms with Gasteiger partial charge in [-0.2, -0.15) is 0 Å². The summed E-state index contributed by atoms with van der Waals surface area (Å²) < 4.78 is 5.54. The van der Waals surface area contributed by atoms with Crippen LogP contribution in [0.5, 0.6) is 34.5 Å². The monoisotopic (exact) mass is 290 g/mol. The summed E-state index contributed by atoms with van der Waals surface area (Å²) in [5.41, 5.74) is 1.14. The molecule has 0 saturated carbocycles. The molecule has 1 unspecified atom stereocenters. The van der Waals surface area contributed by atoms with Gasteiger partial charge < -0.3 is 30.3 Å². The molecule has 1 atom stereocenters. The molecule has 6 heteroatoms. The van der Waals surface area contributed by atoms with Gasteiger partial charge in [0.25, 0.3) is 0 Å². The Kier molecular flexibility index (Phi) is 2.94. The third-order valence-electron chi connectivity index (χ3n) is 3.65. The van der Waals surface area contributed by atoms with Gasteiger partial charge in [-0.05, 0) is 24.1 Å². The van der Waals surface area contributed by atoms with E-state index in [1.807, 2.05) is 0 Å². The van der Waals surface area contributed by atoms with Gasteiger partial charge in [-0.25, -0.2) is 0 Å². The van der Waals surface area contributed by atoms with E-state index >= 15 is 0 Å². The lowest BCUT2D eigenvalue weighted by Gasteiger charge is -2.26. The molecule has 2 aromatic rings. The molecule has 0 bridgehead atoms. The minimum absolute atomic E-state index is 0.106. The fourth-order valence-corrected chi connectivity index (χ4v) is 2.53. The van der Waals surface area contributed by atoms with Crippen LogP contribution in [0.25, 0.3) is 0 Å². The molecule has 0 radical (unpaired) electrons. The van der Waals surface area contributed by atoms with Crippen LogP contribution < -0.4 is 4.74 Å². The highest BCUT2D eigenvalue weighted by Gasteiger charge is 2.27. The summed E-state index contributed by atoms with van der Waals surface area (Å²) in [5.74, 6) is -2.09. The second-order valence-electron chi connectivity index (χ2n) is 5.03. The van der Waals surface area contributed by atoms with Crippen LogP contribution >= 0.6 is 0 Å². The zero-order chi connectivity index (χ0) is 15.1. The second kappa shape index (κ2) is 4.66. The van der Waals surface area contributed by atoms with Gasteiger partial charge in [-0.1, -0.05) is 6.07 Å². The number of hydrogen-bond donors (Lipinski definition) is 5. The zero-order valence-corrected chi connectivity index (χ0v) is 10.9. The minimum Gasteiger partial charge on any atom is -0.508 e. The van der Waals surface area contributed by atoms with Crippen molar-refractivity contribution < 1.29 is 30.3 Å². The molecule has 5 N–H and O–H groups in total. The fourth-order valence-electron chi connectivity index (χ4n) is 2.53. The molecule has 110 valence electrons. The number of phenols is 5. The number of ether oxygens (including phenoxy) is 1. The SMILES string of the molecule is Oc1ccc2c(c1)OCC(c1cc(O)c(O)c(O)c1O)C2. The Bertz CT molecular complexity index is 710. The Morgan fingerprint density at radius 3 is 2.43 bits per heavy atom. The number of aromatic hydroxyl groups is 5. The number of phenolic OH excluding ortho intramolecular Hbond substituents is 5. The molecular weight excluding hydrogens is 276 g/mol. The van der Waals surface area contributed by atoms with E-state index in [2.05, 4.69) is 0 Å². The van der Waals surface area contributed by atoms with Crippen molar-refractivity contribution in [2.45, 2.75) is 12.3 Å². The average Bonchev–Trinajstić information content (AvgIpc) is 2.48. The van der Waals surface area contributed by atoms with Gasteiger partial charge in [0.05, 0.1) is 6.61 Å². The minimum atomic E-state index is -0.752. The van der Waals surface area contributed by atoms with Crippen molar-refractivity contribution in [3.05, 3.63) is 35.4 Å². The highest BCUT2D eigenvalue weighted by atomic mass is 16.5. The first-order valence-corrected chi connectivity index (χ1v) is 6.38. The van der Waals surface area contributed by atoms with Crippen molar-refractivity contribution in [1.82, 2.24) is 0 Å². The Morgan fingerprint density at radius 2 is 1.67 bits per heavy atom. The Morgan fingerprint density at radius 1 is 0.905 bits per heavy atom. The summed E-state index contributed by atoms with van der Waals surface area (Å²) >= 11 is 0. The molecule has 1 aliphatic heterocycles. The molecule has 2 aromatic carbocycles. The number of benzene rings is 2. The van der Waals surface area contributed by atoms with E-state index in [4.69, 9.17) is 4.74 Å². The lowest BCUT2D eigenvalue weighted by Crippen LogP contribution is -2.19. The van der Waals surface area contributed by atoms with Gasteiger partial charge >= 0.3 is 0 Å². The molecule has 0 amide bonds. The first-order chi connectivity index (χ1) is 9.97. The molecule has 6 nitrogen and oxygen atoms in total. The molecule has 0 aromatic heterocycles. The standard InChI is InChI=1S/C15H14O6/c16-9-2-1-7-3-8(6-21-12(7)4-9)10-5-11(17)14(19)15(20)13(10)18/h1-2,4-5,8,16-20H,3,6H2. The van der Waals surface area contributed by atoms with E-state index < -0.39 is 23.0 Å². The van der Waals surface area contributed by atoms with E-state index in [-0.39, 0.29) is 18.3 Å². The van der Waals surface area contributed by atoms with Crippen LogP contribution in [0, 0.1) is 0 Å². The zero-order valence-electron chi connectivity index (χ0n) is 10.9. The maximum absolute atomic E-state index is 9.93. The summed E-state index contributed by atoms with van der Waals surface area (Å²) in [6.07, 6.45) is 0.507. The summed E-state index contributed by atoms with van der Waals surface area (Å²) in [7, 11) is 0. The lowest BCUT2D eigenvalue weighted by molar-refractivity contribution is 0.256. The van der Waals surface area contributed by atoms with E-state index in [9.17, 15) is 25.5 Å². The topological polar surface area (TPSA) is 110 Å². The van der Waals surface area contributed by atoms with Crippen molar-refractivity contribution in [1.29, 1.82) is 0 Å². The first kappa shape index (κ1) is 13.2. The Balaban J connectivity index is 1.98. The Labute approximate surface area is 120 Å². The maximum Gasteiger partial charge on any atom is 0.204 e. The normalized spacial score (nSPS) is 17.0. The third-order valence-corrected chi connectivity index (χ3v) is 3.65. The lowest BCUT2D eigenvalue weighted by atomic mass is 9.89.